The van der Waals surface area contributed by atoms with E-state index in [9.17, 15) is 13.6 Å². The summed E-state index contributed by atoms with van der Waals surface area (Å²) in [7, 11) is 0. The highest BCUT2D eigenvalue weighted by Gasteiger charge is 2.15. The van der Waals surface area contributed by atoms with Crippen LogP contribution in [0.1, 0.15) is 11.1 Å². The van der Waals surface area contributed by atoms with E-state index in [1.807, 2.05) is 0 Å². The summed E-state index contributed by atoms with van der Waals surface area (Å²) in [5, 5.41) is 10.9. The summed E-state index contributed by atoms with van der Waals surface area (Å²) in [6, 6.07) is 10.2. The fourth-order valence-electron chi connectivity index (χ4n) is 2.04. The molecule has 25 heavy (non-hydrogen) atoms. The standard InChI is InChI=1S/C17H13F2N3O2S/c18-13-5-12(6-14(19)7-13)9-24-15-3-1-11(2-4-15)8-20-22-17-21-16(23)10-25-17/h1-8H,9-10H2,(H,21,22,23). The van der Waals surface area contributed by atoms with Gasteiger partial charge in [-0.2, -0.15) is 5.10 Å². The summed E-state index contributed by atoms with van der Waals surface area (Å²) in [4.78, 5) is 11.0. The van der Waals surface area contributed by atoms with Gasteiger partial charge in [0.15, 0.2) is 5.17 Å². The van der Waals surface area contributed by atoms with E-state index in [0.29, 0.717) is 22.2 Å². The van der Waals surface area contributed by atoms with Crippen molar-refractivity contribution in [3.8, 4) is 5.75 Å². The third kappa shape index (κ3) is 5.12. The Morgan fingerprint density at radius 3 is 2.52 bits per heavy atom. The Hall–Kier alpha value is -2.74. The van der Waals surface area contributed by atoms with Gasteiger partial charge >= 0.3 is 0 Å². The average Bonchev–Trinajstić information content (AvgIpc) is 2.99. The third-order valence-electron chi connectivity index (χ3n) is 3.15. The second-order valence-corrected chi connectivity index (χ2v) is 6.09. The minimum Gasteiger partial charge on any atom is -0.489 e. The minimum atomic E-state index is -0.636. The number of nitrogens with zero attached hydrogens (tertiary/aromatic N) is 2. The molecule has 8 heteroatoms. The minimum absolute atomic E-state index is 0.0622. The lowest BCUT2D eigenvalue weighted by Gasteiger charge is -2.07. The van der Waals surface area contributed by atoms with Crippen LogP contribution in [0, 0.1) is 11.6 Å². The van der Waals surface area contributed by atoms with E-state index in [4.69, 9.17) is 4.74 Å². The number of carbonyl (C=O) groups is 1. The van der Waals surface area contributed by atoms with E-state index < -0.39 is 11.6 Å². The van der Waals surface area contributed by atoms with Crippen molar-refractivity contribution in [1.29, 1.82) is 0 Å². The monoisotopic (exact) mass is 361 g/mol. The van der Waals surface area contributed by atoms with Crippen molar-refractivity contribution < 1.29 is 18.3 Å². The Morgan fingerprint density at radius 2 is 1.88 bits per heavy atom. The summed E-state index contributed by atoms with van der Waals surface area (Å²) < 4.78 is 31.7. The molecule has 1 aliphatic heterocycles. The van der Waals surface area contributed by atoms with E-state index in [1.165, 1.54) is 23.9 Å². The molecule has 1 fully saturated rings. The number of hydrogen-bond donors (Lipinski definition) is 1. The predicted molar refractivity (Wildman–Crippen MR) is 92.8 cm³/mol. The molecule has 0 atom stereocenters. The first kappa shape index (κ1) is 17.1. The molecule has 0 spiro atoms. The number of halogens is 2. The maximum absolute atomic E-state index is 13.1. The number of hydrogen-bond acceptors (Lipinski definition) is 5. The molecule has 1 saturated heterocycles. The average molecular weight is 361 g/mol. The Morgan fingerprint density at radius 1 is 1.16 bits per heavy atom. The highest BCUT2D eigenvalue weighted by Crippen LogP contribution is 2.15. The van der Waals surface area contributed by atoms with Crippen molar-refractivity contribution in [2.24, 2.45) is 10.2 Å². The molecule has 0 bridgehead atoms. The molecule has 0 aromatic heterocycles. The fourth-order valence-corrected chi connectivity index (χ4v) is 2.67. The van der Waals surface area contributed by atoms with Crippen molar-refractivity contribution in [3.05, 3.63) is 65.2 Å². The largest absolute Gasteiger partial charge is 0.489 e. The first-order chi connectivity index (χ1) is 12.1. The zero-order valence-corrected chi connectivity index (χ0v) is 13.7. The second kappa shape index (κ2) is 7.89. The molecule has 0 radical (unpaired) electrons. The van der Waals surface area contributed by atoms with Crippen LogP contribution in [0.5, 0.6) is 5.75 Å². The van der Waals surface area contributed by atoms with Crippen LogP contribution in [0.4, 0.5) is 8.78 Å². The molecule has 1 amide bonds. The summed E-state index contributed by atoms with van der Waals surface area (Å²) in [6.07, 6.45) is 1.55. The van der Waals surface area contributed by atoms with Crippen LogP contribution >= 0.6 is 11.8 Å². The van der Waals surface area contributed by atoms with Gasteiger partial charge in [-0.25, -0.2) is 8.78 Å². The molecule has 2 aromatic rings. The highest BCUT2D eigenvalue weighted by atomic mass is 32.2. The van der Waals surface area contributed by atoms with Crippen molar-refractivity contribution in [2.45, 2.75) is 6.61 Å². The van der Waals surface area contributed by atoms with Crippen LogP contribution in [0.2, 0.25) is 0 Å². The summed E-state index contributed by atoms with van der Waals surface area (Å²) in [5.74, 6) is -0.438. The zero-order valence-electron chi connectivity index (χ0n) is 12.9. The third-order valence-corrected chi connectivity index (χ3v) is 4.01. The van der Waals surface area contributed by atoms with Crippen LogP contribution in [0.15, 0.2) is 52.7 Å². The van der Waals surface area contributed by atoms with Gasteiger partial charge in [0.1, 0.15) is 24.0 Å². The molecule has 128 valence electrons. The quantitative estimate of drug-likeness (QED) is 0.658. The Bertz CT molecular complexity index is 818. The van der Waals surface area contributed by atoms with E-state index in [1.54, 1.807) is 30.5 Å². The number of amides is 1. The topological polar surface area (TPSA) is 63.0 Å². The van der Waals surface area contributed by atoms with Gasteiger partial charge in [-0.15, -0.1) is 5.10 Å². The molecule has 0 aliphatic carbocycles. The van der Waals surface area contributed by atoms with Gasteiger partial charge < -0.3 is 10.1 Å². The molecule has 3 rings (SSSR count). The smallest absolute Gasteiger partial charge is 0.236 e. The van der Waals surface area contributed by atoms with Gasteiger partial charge in [0.25, 0.3) is 0 Å². The maximum Gasteiger partial charge on any atom is 0.236 e. The van der Waals surface area contributed by atoms with E-state index in [2.05, 4.69) is 15.5 Å². The highest BCUT2D eigenvalue weighted by molar-refractivity contribution is 8.15. The van der Waals surface area contributed by atoms with Gasteiger partial charge in [0.2, 0.25) is 5.91 Å². The molecule has 1 N–H and O–H groups in total. The van der Waals surface area contributed by atoms with Crippen LogP contribution in [-0.4, -0.2) is 23.0 Å². The van der Waals surface area contributed by atoms with Crippen molar-refractivity contribution in [1.82, 2.24) is 5.32 Å². The van der Waals surface area contributed by atoms with Gasteiger partial charge in [-0.05, 0) is 47.5 Å². The number of amidine groups is 1. The number of benzene rings is 2. The van der Waals surface area contributed by atoms with Gasteiger partial charge in [0, 0.05) is 6.07 Å². The number of nitrogens with one attached hydrogen (secondary N) is 1. The summed E-state index contributed by atoms with van der Waals surface area (Å²) in [6.45, 7) is 0.0622. The van der Waals surface area contributed by atoms with Gasteiger partial charge in [-0.1, -0.05) is 11.8 Å². The van der Waals surface area contributed by atoms with E-state index >= 15 is 0 Å². The molecule has 1 heterocycles. The molecule has 5 nitrogen and oxygen atoms in total. The van der Waals surface area contributed by atoms with Crippen LogP contribution < -0.4 is 10.1 Å². The predicted octanol–water partition coefficient (Wildman–Crippen LogP) is 3.10. The first-order valence-electron chi connectivity index (χ1n) is 7.30. The van der Waals surface area contributed by atoms with Crippen molar-refractivity contribution in [3.63, 3.8) is 0 Å². The lowest BCUT2D eigenvalue weighted by atomic mass is 10.2. The number of carbonyl (C=O) groups excluding carboxylic acids is 1. The van der Waals surface area contributed by atoms with Crippen LogP contribution in [0.25, 0.3) is 0 Å². The zero-order chi connectivity index (χ0) is 17.6. The second-order valence-electron chi connectivity index (χ2n) is 5.12. The van der Waals surface area contributed by atoms with Gasteiger partial charge in [-0.3, -0.25) is 4.79 Å². The Labute approximate surface area is 146 Å². The van der Waals surface area contributed by atoms with E-state index in [-0.39, 0.29) is 12.5 Å². The number of rotatable bonds is 5. The van der Waals surface area contributed by atoms with Crippen molar-refractivity contribution in [2.75, 3.05) is 5.75 Å². The summed E-state index contributed by atoms with van der Waals surface area (Å²) >= 11 is 1.30. The molecule has 0 saturated carbocycles. The Balaban J connectivity index is 1.56. The molecule has 1 aliphatic rings. The number of thioether (sulfide) groups is 1. The normalized spacial score (nSPS) is 15.8. The fraction of sp³-hybridized carbons (Fsp3) is 0.118. The van der Waals surface area contributed by atoms with Gasteiger partial charge in [0.05, 0.1) is 12.0 Å². The molecular formula is C17H13F2N3O2S. The lowest BCUT2D eigenvalue weighted by Crippen LogP contribution is -2.19. The van der Waals surface area contributed by atoms with Crippen molar-refractivity contribution >= 4 is 29.1 Å². The number of ether oxygens (including phenoxy) is 1. The summed E-state index contributed by atoms with van der Waals surface area (Å²) in [5.41, 5.74) is 1.21. The molecular weight excluding hydrogens is 348 g/mol. The maximum atomic E-state index is 13.1. The lowest BCUT2D eigenvalue weighted by molar-refractivity contribution is -0.116. The van der Waals surface area contributed by atoms with E-state index in [0.717, 1.165) is 11.6 Å². The first-order valence-corrected chi connectivity index (χ1v) is 8.28. The van der Waals surface area contributed by atoms with Crippen LogP contribution in [-0.2, 0) is 11.4 Å². The molecule has 0 unspecified atom stereocenters. The van der Waals surface area contributed by atoms with Crippen LogP contribution in [0.3, 0.4) is 0 Å². The Kier molecular flexibility index (Phi) is 5.39. The molecule has 2 aromatic carbocycles. The SMILES string of the molecule is O=C1CSC(=NN=Cc2ccc(OCc3cc(F)cc(F)c3)cc2)N1.